The van der Waals surface area contributed by atoms with Crippen LogP contribution in [0.5, 0.6) is 0 Å². The van der Waals surface area contributed by atoms with E-state index in [-0.39, 0.29) is 12.8 Å². The van der Waals surface area contributed by atoms with E-state index in [0.717, 1.165) is 0 Å². The second kappa shape index (κ2) is 9.60. The molecule has 0 aliphatic carbocycles. The molecule has 0 aliphatic heterocycles. The zero-order valence-electron chi connectivity index (χ0n) is 5.01. The van der Waals surface area contributed by atoms with Crippen molar-refractivity contribution in [2.24, 2.45) is 5.92 Å². The van der Waals surface area contributed by atoms with Gasteiger partial charge >= 0.3 is 6.15 Å². The zero-order chi connectivity index (χ0) is 6.99. The van der Waals surface area contributed by atoms with Crippen molar-refractivity contribution in [3.05, 3.63) is 0 Å². The van der Waals surface area contributed by atoms with Crippen LogP contribution in [-0.2, 0) is 14.7 Å². The Hall–Kier alpha value is -0.660. The summed E-state index contributed by atoms with van der Waals surface area (Å²) in [5.41, 5.74) is 0. The Balaban J connectivity index is 0. The fourth-order valence-electron chi connectivity index (χ4n) is 0. The summed E-state index contributed by atoms with van der Waals surface area (Å²) < 4.78 is 0. The van der Waals surface area contributed by atoms with Gasteiger partial charge in [-0.1, -0.05) is 13.8 Å². The number of carbonyl (C=O) groups excluding carboxylic acids is 2. The highest BCUT2D eigenvalue weighted by molar-refractivity contribution is 5.20. The van der Waals surface area contributed by atoms with E-state index in [4.69, 9.17) is 9.59 Å². The molecule has 0 spiro atoms. The SMILES string of the molecule is CC(C)C[O].O=C=O. The molecule has 0 aromatic carbocycles. The third-order valence-corrected chi connectivity index (χ3v) is 0.333. The first-order valence-electron chi connectivity index (χ1n) is 2.26. The monoisotopic (exact) mass is 117 g/mol. The molecule has 0 aromatic rings. The molecule has 0 atom stereocenters. The van der Waals surface area contributed by atoms with Crippen molar-refractivity contribution in [2.75, 3.05) is 6.61 Å². The van der Waals surface area contributed by atoms with E-state index in [9.17, 15) is 5.11 Å². The summed E-state index contributed by atoms with van der Waals surface area (Å²) in [5, 5.41) is 9.63. The molecule has 0 fully saturated rings. The maximum absolute atomic E-state index is 9.63. The first kappa shape index (κ1) is 10.3. The number of hydrogen-bond donors (Lipinski definition) is 0. The molecular formula is C5H9O3. The summed E-state index contributed by atoms with van der Waals surface area (Å²) in [5.74, 6) is 0.329. The fraction of sp³-hybridized carbons (Fsp3) is 0.800. The van der Waals surface area contributed by atoms with Gasteiger partial charge in [0.15, 0.2) is 0 Å². The van der Waals surface area contributed by atoms with E-state index in [1.54, 1.807) is 0 Å². The van der Waals surface area contributed by atoms with Crippen LogP contribution in [-0.4, -0.2) is 12.8 Å². The average molecular weight is 117 g/mol. The molecule has 8 heavy (non-hydrogen) atoms. The Morgan fingerprint density at radius 3 is 1.50 bits per heavy atom. The van der Waals surface area contributed by atoms with Gasteiger partial charge in [-0.15, -0.1) is 0 Å². The summed E-state index contributed by atoms with van der Waals surface area (Å²) in [6, 6.07) is 0. The van der Waals surface area contributed by atoms with E-state index in [0.29, 0.717) is 5.92 Å². The summed E-state index contributed by atoms with van der Waals surface area (Å²) in [4.78, 5) is 16.2. The van der Waals surface area contributed by atoms with Crippen LogP contribution in [0.4, 0.5) is 0 Å². The van der Waals surface area contributed by atoms with Gasteiger partial charge in [0.1, 0.15) is 0 Å². The van der Waals surface area contributed by atoms with E-state index in [1.807, 2.05) is 13.8 Å². The Morgan fingerprint density at radius 1 is 1.38 bits per heavy atom. The zero-order valence-corrected chi connectivity index (χ0v) is 5.01. The molecule has 0 aliphatic rings. The molecule has 0 N–H and O–H groups in total. The lowest BCUT2D eigenvalue weighted by atomic mass is 10.2. The van der Waals surface area contributed by atoms with Crippen LogP contribution >= 0.6 is 0 Å². The van der Waals surface area contributed by atoms with Crippen LogP contribution in [0.1, 0.15) is 13.8 Å². The van der Waals surface area contributed by atoms with Crippen molar-refractivity contribution >= 4 is 6.15 Å². The first-order chi connectivity index (χ1) is 3.68. The van der Waals surface area contributed by atoms with Crippen molar-refractivity contribution in [3.8, 4) is 0 Å². The van der Waals surface area contributed by atoms with Crippen molar-refractivity contribution in [1.82, 2.24) is 0 Å². The molecule has 0 rings (SSSR count). The average Bonchev–Trinajstić information content (AvgIpc) is 1.69. The molecule has 0 saturated heterocycles. The molecular weight excluding hydrogens is 108 g/mol. The van der Waals surface area contributed by atoms with Crippen molar-refractivity contribution in [1.29, 1.82) is 0 Å². The first-order valence-corrected chi connectivity index (χ1v) is 2.26. The summed E-state index contributed by atoms with van der Waals surface area (Å²) >= 11 is 0. The van der Waals surface area contributed by atoms with Gasteiger partial charge in [0.25, 0.3) is 0 Å². The lowest BCUT2D eigenvalue weighted by Crippen LogP contribution is -1.88. The van der Waals surface area contributed by atoms with Crippen LogP contribution in [0.3, 0.4) is 0 Å². The van der Waals surface area contributed by atoms with Gasteiger partial charge in [-0.3, -0.25) is 0 Å². The highest BCUT2D eigenvalue weighted by Crippen LogP contribution is 1.84. The molecule has 3 nitrogen and oxygen atoms in total. The van der Waals surface area contributed by atoms with E-state index < -0.39 is 0 Å². The Labute approximate surface area is 48.3 Å². The maximum Gasteiger partial charge on any atom is 0.373 e. The van der Waals surface area contributed by atoms with E-state index in [2.05, 4.69) is 0 Å². The molecule has 0 aromatic heterocycles. The summed E-state index contributed by atoms with van der Waals surface area (Å²) in [6.07, 6.45) is 0.250. The molecule has 3 heteroatoms. The minimum absolute atomic E-state index is 0.0556. The van der Waals surface area contributed by atoms with Crippen LogP contribution in [0.2, 0.25) is 0 Å². The predicted octanol–water partition coefficient (Wildman–Crippen LogP) is 0.489. The predicted molar refractivity (Wildman–Crippen MR) is 25.4 cm³/mol. The van der Waals surface area contributed by atoms with Crippen molar-refractivity contribution < 1.29 is 14.7 Å². The summed E-state index contributed by atoms with van der Waals surface area (Å²) in [6.45, 7) is 3.88. The summed E-state index contributed by atoms with van der Waals surface area (Å²) in [7, 11) is 0. The minimum Gasteiger partial charge on any atom is -0.236 e. The lowest BCUT2D eigenvalue weighted by Gasteiger charge is -1.87. The quantitative estimate of drug-likeness (QED) is 0.501. The third-order valence-electron chi connectivity index (χ3n) is 0.333. The normalized spacial score (nSPS) is 7.00. The van der Waals surface area contributed by atoms with E-state index >= 15 is 0 Å². The Kier molecular flexibility index (Phi) is 12.4. The second-order valence-corrected chi connectivity index (χ2v) is 1.64. The standard InChI is InChI=1S/C4H9O.CO2/c1-4(2)3-5;2-1-3/h4H,3H2,1-2H3;. The van der Waals surface area contributed by atoms with Gasteiger partial charge in [-0.05, 0) is 5.92 Å². The smallest absolute Gasteiger partial charge is 0.236 e. The molecule has 47 valence electrons. The maximum atomic E-state index is 9.63. The number of rotatable bonds is 1. The Morgan fingerprint density at radius 2 is 1.50 bits per heavy atom. The van der Waals surface area contributed by atoms with Crippen LogP contribution < -0.4 is 0 Å². The van der Waals surface area contributed by atoms with Crippen LogP contribution in [0.25, 0.3) is 0 Å². The lowest BCUT2D eigenvalue weighted by molar-refractivity contribution is -0.191. The van der Waals surface area contributed by atoms with Gasteiger partial charge in [0.05, 0.1) is 6.61 Å². The number of hydrogen-bond acceptors (Lipinski definition) is 2. The molecule has 0 unspecified atom stereocenters. The highest BCUT2D eigenvalue weighted by Gasteiger charge is 1.83. The molecule has 0 saturated carbocycles. The van der Waals surface area contributed by atoms with Gasteiger partial charge in [-0.2, -0.15) is 9.59 Å². The van der Waals surface area contributed by atoms with Gasteiger partial charge < -0.3 is 0 Å². The molecule has 0 heterocycles. The van der Waals surface area contributed by atoms with E-state index in [1.165, 1.54) is 0 Å². The van der Waals surface area contributed by atoms with Crippen LogP contribution in [0, 0.1) is 5.92 Å². The highest BCUT2D eigenvalue weighted by atomic mass is 16.3. The Bertz CT molecular complexity index is 62.1. The molecule has 0 amide bonds. The fourth-order valence-corrected chi connectivity index (χ4v) is 0. The van der Waals surface area contributed by atoms with Crippen LogP contribution in [0.15, 0.2) is 0 Å². The largest absolute Gasteiger partial charge is 0.373 e. The molecule has 1 radical (unpaired) electrons. The topological polar surface area (TPSA) is 54.0 Å². The molecule has 0 bridgehead atoms. The third kappa shape index (κ3) is 56.0. The van der Waals surface area contributed by atoms with Gasteiger partial charge in [-0.25, -0.2) is 5.11 Å². The second-order valence-electron chi connectivity index (χ2n) is 1.64. The van der Waals surface area contributed by atoms with Crippen molar-refractivity contribution in [2.45, 2.75) is 13.8 Å². The van der Waals surface area contributed by atoms with Gasteiger partial charge in [0, 0.05) is 0 Å². The van der Waals surface area contributed by atoms with Crippen molar-refractivity contribution in [3.63, 3.8) is 0 Å². The van der Waals surface area contributed by atoms with Gasteiger partial charge in [0.2, 0.25) is 0 Å². The minimum atomic E-state index is 0.0556.